The first-order valence-corrected chi connectivity index (χ1v) is 7.20. The Morgan fingerprint density at radius 1 is 1.19 bits per heavy atom. The van der Waals surface area contributed by atoms with Gasteiger partial charge >= 0.3 is 0 Å². The van der Waals surface area contributed by atoms with Crippen LogP contribution in [0.2, 0.25) is 0 Å². The van der Waals surface area contributed by atoms with Crippen LogP contribution in [-0.2, 0) is 0 Å². The highest BCUT2D eigenvalue weighted by Gasteiger charge is 2.33. The highest BCUT2D eigenvalue weighted by molar-refractivity contribution is 4.87. The van der Waals surface area contributed by atoms with Crippen molar-refractivity contribution in [2.75, 3.05) is 19.7 Å². The molecule has 0 radical (unpaired) electrons. The van der Waals surface area contributed by atoms with Crippen LogP contribution in [0, 0.1) is 11.8 Å². The second-order valence-corrected chi connectivity index (χ2v) is 5.68. The third-order valence-electron chi connectivity index (χ3n) is 4.72. The lowest BCUT2D eigenvalue weighted by atomic mass is 9.82. The molecule has 0 spiro atoms. The van der Waals surface area contributed by atoms with Crippen LogP contribution in [0.3, 0.4) is 0 Å². The van der Waals surface area contributed by atoms with Crippen molar-refractivity contribution in [1.82, 2.24) is 4.90 Å². The topological polar surface area (TPSA) is 23.5 Å². The van der Waals surface area contributed by atoms with E-state index >= 15 is 0 Å². The molecule has 1 aliphatic heterocycles. The molecule has 0 amide bonds. The van der Waals surface area contributed by atoms with Gasteiger partial charge in [-0.05, 0) is 44.1 Å². The van der Waals surface area contributed by atoms with Gasteiger partial charge in [0.05, 0.1) is 0 Å². The summed E-state index contributed by atoms with van der Waals surface area (Å²) in [6, 6.07) is 0.863. The van der Waals surface area contributed by atoms with Crippen LogP contribution in [0.15, 0.2) is 0 Å². The SMILES string of the molecule is CCC1CCCCC1N1CCC(CCO)C1. The Morgan fingerprint density at radius 2 is 2.00 bits per heavy atom. The van der Waals surface area contributed by atoms with Gasteiger partial charge < -0.3 is 5.11 Å². The summed E-state index contributed by atoms with van der Waals surface area (Å²) in [5.41, 5.74) is 0. The number of rotatable bonds is 4. The van der Waals surface area contributed by atoms with Crippen molar-refractivity contribution in [2.45, 2.75) is 57.9 Å². The molecule has 94 valence electrons. The molecule has 2 aliphatic rings. The van der Waals surface area contributed by atoms with E-state index in [-0.39, 0.29) is 0 Å². The van der Waals surface area contributed by atoms with Gasteiger partial charge in [-0.15, -0.1) is 0 Å². The maximum absolute atomic E-state index is 9.00. The Balaban J connectivity index is 1.86. The van der Waals surface area contributed by atoms with Crippen LogP contribution >= 0.6 is 0 Å². The van der Waals surface area contributed by atoms with Crippen molar-refractivity contribution < 1.29 is 5.11 Å². The molecule has 2 heteroatoms. The molecule has 16 heavy (non-hydrogen) atoms. The quantitative estimate of drug-likeness (QED) is 0.795. The molecule has 1 N–H and O–H groups in total. The monoisotopic (exact) mass is 225 g/mol. The van der Waals surface area contributed by atoms with Gasteiger partial charge in [-0.25, -0.2) is 0 Å². The highest BCUT2D eigenvalue weighted by Crippen LogP contribution is 2.34. The molecule has 0 aromatic carbocycles. The predicted octanol–water partition coefficient (Wildman–Crippen LogP) is 2.66. The normalized spacial score (nSPS) is 36.8. The van der Waals surface area contributed by atoms with E-state index in [1.54, 1.807) is 0 Å². The molecule has 0 bridgehead atoms. The lowest BCUT2D eigenvalue weighted by Crippen LogP contribution is -2.41. The average molecular weight is 225 g/mol. The summed E-state index contributed by atoms with van der Waals surface area (Å²) >= 11 is 0. The van der Waals surface area contributed by atoms with E-state index in [1.807, 2.05) is 0 Å². The van der Waals surface area contributed by atoms with Crippen molar-refractivity contribution in [1.29, 1.82) is 0 Å². The summed E-state index contributed by atoms with van der Waals surface area (Å²) < 4.78 is 0. The number of aliphatic hydroxyl groups excluding tert-OH is 1. The van der Waals surface area contributed by atoms with Crippen molar-refractivity contribution in [3.63, 3.8) is 0 Å². The fraction of sp³-hybridized carbons (Fsp3) is 1.00. The molecule has 0 aromatic rings. The predicted molar refractivity (Wildman–Crippen MR) is 67.4 cm³/mol. The maximum Gasteiger partial charge on any atom is 0.0434 e. The Morgan fingerprint density at radius 3 is 2.75 bits per heavy atom. The standard InChI is InChI=1S/C14H27NO/c1-2-13-5-3-4-6-14(13)15-9-7-12(11-15)8-10-16/h12-14,16H,2-11H2,1H3. The summed E-state index contributed by atoms with van der Waals surface area (Å²) in [6.45, 7) is 5.26. The Labute approximate surface area is 100 Å². The molecular weight excluding hydrogens is 198 g/mol. The van der Waals surface area contributed by atoms with Gasteiger partial charge in [-0.3, -0.25) is 4.90 Å². The van der Waals surface area contributed by atoms with Gasteiger partial charge in [0.25, 0.3) is 0 Å². The maximum atomic E-state index is 9.00. The van der Waals surface area contributed by atoms with E-state index in [4.69, 9.17) is 5.11 Å². The van der Waals surface area contributed by atoms with Crippen molar-refractivity contribution in [2.24, 2.45) is 11.8 Å². The smallest absolute Gasteiger partial charge is 0.0434 e. The second-order valence-electron chi connectivity index (χ2n) is 5.68. The van der Waals surface area contributed by atoms with Crippen molar-refractivity contribution in [3.8, 4) is 0 Å². The molecule has 2 fully saturated rings. The van der Waals surface area contributed by atoms with Gasteiger partial charge in [0.1, 0.15) is 0 Å². The lowest BCUT2D eigenvalue weighted by Gasteiger charge is -2.37. The molecule has 2 nitrogen and oxygen atoms in total. The summed E-state index contributed by atoms with van der Waals surface area (Å²) in [5.74, 6) is 1.71. The van der Waals surface area contributed by atoms with E-state index in [0.717, 1.165) is 24.3 Å². The van der Waals surface area contributed by atoms with Gasteiger partial charge in [-0.1, -0.05) is 26.2 Å². The molecule has 1 aliphatic carbocycles. The molecule has 1 saturated carbocycles. The zero-order chi connectivity index (χ0) is 11.4. The lowest BCUT2D eigenvalue weighted by molar-refractivity contribution is 0.119. The minimum absolute atomic E-state index is 0.375. The number of hydrogen-bond acceptors (Lipinski definition) is 2. The summed E-state index contributed by atoms with van der Waals surface area (Å²) in [6.07, 6.45) is 9.43. The third kappa shape index (κ3) is 2.78. The van der Waals surface area contributed by atoms with E-state index < -0.39 is 0 Å². The average Bonchev–Trinajstić information content (AvgIpc) is 2.78. The highest BCUT2D eigenvalue weighted by atomic mass is 16.3. The third-order valence-corrected chi connectivity index (χ3v) is 4.72. The van der Waals surface area contributed by atoms with E-state index in [0.29, 0.717) is 6.61 Å². The van der Waals surface area contributed by atoms with Crippen molar-refractivity contribution >= 4 is 0 Å². The number of likely N-dealkylation sites (tertiary alicyclic amines) is 1. The molecule has 1 saturated heterocycles. The fourth-order valence-corrected chi connectivity index (χ4v) is 3.73. The summed E-state index contributed by atoms with van der Waals surface area (Å²) in [4.78, 5) is 2.73. The minimum Gasteiger partial charge on any atom is -0.396 e. The van der Waals surface area contributed by atoms with Gasteiger partial charge in [0.2, 0.25) is 0 Å². The molecule has 3 atom stereocenters. The van der Waals surface area contributed by atoms with Gasteiger partial charge in [0, 0.05) is 19.2 Å². The zero-order valence-electron chi connectivity index (χ0n) is 10.7. The number of aliphatic hydroxyl groups is 1. The fourth-order valence-electron chi connectivity index (χ4n) is 3.73. The number of hydrogen-bond donors (Lipinski definition) is 1. The van der Waals surface area contributed by atoms with Gasteiger partial charge in [0.15, 0.2) is 0 Å². The summed E-state index contributed by atoms with van der Waals surface area (Å²) in [5, 5.41) is 9.00. The molecule has 0 aromatic heterocycles. The van der Waals surface area contributed by atoms with Crippen LogP contribution in [0.4, 0.5) is 0 Å². The van der Waals surface area contributed by atoms with Crippen LogP contribution in [0.25, 0.3) is 0 Å². The van der Waals surface area contributed by atoms with E-state index in [9.17, 15) is 0 Å². The van der Waals surface area contributed by atoms with Crippen LogP contribution < -0.4 is 0 Å². The summed E-state index contributed by atoms with van der Waals surface area (Å²) in [7, 11) is 0. The Hall–Kier alpha value is -0.0800. The van der Waals surface area contributed by atoms with E-state index in [2.05, 4.69) is 11.8 Å². The minimum atomic E-state index is 0.375. The Kier molecular flexibility index (Phi) is 4.66. The van der Waals surface area contributed by atoms with Crippen LogP contribution in [0.5, 0.6) is 0 Å². The molecule has 2 rings (SSSR count). The first-order chi connectivity index (χ1) is 7.85. The van der Waals surface area contributed by atoms with E-state index in [1.165, 1.54) is 51.6 Å². The molecule has 1 heterocycles. The first-order valence-electron chi connectivity index (χ1n) is 7.20. The molecule has 3 unspecified atom stereocenters. The number of nitrogens with zero attached hydrogens (tertiary/aromatic N) is 1. The largest absolute Gasteiger partial charge is 0.396 e. The molecular formula is C14H27NO. The first kappa shape index (κ1) is 12.4. The van der Waals surface area contributed by atoms with Gasteiger partial charge in [-0.2, -0.15) is 0 Å². The van der Waals surface area contributed by atoms with Crippen LogP contribution in [-0.4, -0.2) is 35.7 Å². The van der Waals surface area contributed by atoms with Crippen LogP contribution in [0.1, 0.15) is 51.9 Å². The second kappa shape index (κ2) is 6.02. The zero-order valence-corrected chi connectivity index (χ0v) is 10.7. The van der Waals surface area contributed by atoms with Crippen molar-refractivity contribution in [3.05, 3.63) is 0 Å². The Bertz CT molecular complexity index is 207.